The molecule has 26 heavy (non-hydrogen) atoms. The number of hydrogen-bond acceptors (Lipinski definition) is 6. The van der Waals surface area contributed by atoms with Gasteiger partial charge in [-0.05, 0) is 50.5 Å². The topological polar surface area (TPSA) is 102 Å². The smallest absolute Gasteiger partial charge is 0.224 e. The van der Waals surface area contributed by atoms with Crippen molar-refractivity contribution in [1.82, 2.24) is 9.78 Å². The summed E-state index contributed by atoms with van der Waals surface area (Å²) in [6.45, 7) is 6.56. The predicted octanol–water partition coefficient (Wildman–Crippen LogP) is 2.19. The predicted molar refractivity (Wildman–Crippen MR) is 96.2 cm³/mol. The monoisotopic (exact) mass is 375 g/mol. The van der Waals surface area contributed by atoms with Gasteiger partial charge in [-0.2, -0.15) is 10.4 Å². The molecule has 8 heteroatoms. The van der Waals surface area contributed by atoms with Crippen LogP contribution in [0.4, 0.5) is 0 Å². The van der Waals surface area contributed by atoms with Crippen LogP contribution in [0.25, 0.3) is 0 Å². The van der Waals surface area contributed by atoms with Gasteiger partial charge in [0.2, 0.25) is 11.7 Å². The Bertz CT molecular complexity index is 1040. The van der Waals surface area contributed by atoms with E-state index in [1.807, 2.05) is 6.07 Å². The second-order valence-electron chi connectivity index (χ2n) is 6.26. The maximum absolute atomic E-state index is 13.2. The van der Waals surface area contributed by atoms with E-state index in [2.05, 4.69) is 5.10 Å². The lowest BCUT2D eigenvalue weighted by Gasteiger charge is -2.15. The van der Waals surface area contributed by atoms with E-state index in [1.54, 1.807) is 40.8 Å². The summed E-state index contributed by atoms with van der Waals surface area (Å²) in [5.41, 5.74) is 2.81. The number of aromatic nitrogens is 2. The van der Waals surface area contributed by atoms with Crippen molar-refractivity contribution in [2.24, 2.45) is 7.05 Å². The SMILES string of the molecule is Cc1cc(C(=O)c2c(C)nn(C)c2OCC#N)c(C)c(C)c1S(C)(=O)=O. The fraction of sp³-hybridized carbons (Fsp3) is 0.389. The molecule has 0 aliphatic rings. The van der Waals surface area contributed by atoms with Gasteiger partial charge in [-0.1, -0.05) is 0 Å². The lowest BCUT2D eigenvalue weighted by Crippen LogP contribution is -2.12. The number of sulfone groups is 1. The van der Waals surface area contributed by atoms with Crippen LogP contribution < -0.4 is 4.74 Å². The average Bonchev–Trinajstić information content (AvgIpc) is 2.80. The molecule has 0 N–H and O–H groups in total. The van der Waals surface area contributed by atoms with Crippen LogP contribution in [0.5, 0.6) is 5.88 Å². The number of nitrogens with zero attached hydrogens (tertiary/aromatic N) is 3. The highest BCUT2D eigenvalue weighted by Gasteiger charge is 2.27. The van der Waals surface area contributed by atoms with E-state index in [0.29, 0.717) is 27.9 Å². The molecule has 0 spiro atoms. The van der Waals surface area contributed by atoms with E-state index in [9.17, 15) is 13.2 Å². The van der Waals surface area contributed by atoms with Crippen LogP contribution in [0.1, 0.15) is 38.3 Å². The molecular formula is C18H21N3O4S. The number of ether oxygens (including phenoxy) is 1. The molecule has 0 fully saturated rings. The van der Waals surface area contributed by atoms with Crippen molar-refractivity contribution < 1.29 is 17.9 Å². The van der Waals surface area contributed by atoms with E-state index in [-0.39, 0.29) is 28.7 Å². The molecule has 1 aromatic carbocycles. The minimum absolute atomic E-state index is 0.205. The quantitative estimate of drug-likeness (QED) is 0.742. The molecule has 0 aliphatic heterocycles. The van der Waals surface area contributed by atoms with Crippen molar-refractivity contribution >= 4 is 15.6 Å². The summed E-state index contributed by atoms with van der Waals surface area (Å²) in [7, 11) is -1.77. The second kappa shape index (κ2) is 6.92. The lowest BCUT2D eigenvalue weighted by atomic mass is 9.94. The zero-order chi connectivity index (χ0) is 19.8. The van der Waals surface area contributed by atoms with Gasteiger partial charge in [0.1, 0.15) is 11.6 Å². The fourth-order valence-electron chi connectivity index (χ4n) is 3.16. The van der Waals surface area contributed by atoms with E-state index in [0.717, 1.165) is 6.26 Å². The van der Waals surface area contributed by atoms with E-state index < -0.39 is 9.84 Å². The van der Waals surface area contributed by atoms with Crippen molar-refractivity contribution in [2.75, 3.05) is 12.9 Å². The molecule has 0 saturated heterocycles. The summed E-state index contributed by atoms with van der Waals surface area (Å²) in [4.78, 5) is 13.4. The van der Waals surface area contributed by atoms with Gasteiger partial charge in [0.05, 0.1) is 10.6 Å². The molecule has 0 amide bonds. The van der Waals surface area contributed by atoms with Gasteiger partial charge in [-0.3, -0.25) is 4.79 Å². The Morgan fingerprint density at radius 2 is 1.88 bits per heavy atom. The molecule has 1 aromatic heterocycles. The minimum Gasteiger partial charge on any atom is -0.462 e. The number of aryl methyl sites for hydroxylation is 3. The summed E-state index contributed by atoms with van der Waals surface area (Å²) in [6, 6.07) is 3.46. The summed E-state index contributed by atoms with van der Waals surface area (Å²) in [5.74, 6) is -0.0942. The Balaban J connectivity index is 2.69. The Hall–Kier alpha value is -2.66. The van der Waals surface area contributed by atoms with Crippen LogP contribution >= 0.6 is 0 Å². The van der Waals surface area contributed by atoms with Crippen LogP contribution in [0.2, 0.25) is 0 Å². The first-order valence-corrected chi connectivity index (χ1v) is 9.78. The fourth-order valence-corrected chi connectivity index (χ4v) is 4.52. The summed E-state index contributed by atoms with van der Waals surface area (Å²) >= 11 is 0. The van der Waals surface area contributed by atoms with Crippen molar-refractivity contribution in [3.8, 4) is 11.9 Å². The first-order valence-electron chi connectivity index (χ1n) is 7.89. The van der Waals surface area contributed by atoms with Gasteiger partial charge >= 0.3 is 0 Å². The largest absolute Gasteiger partial charge is 0.462 e. The third-order valence-electron chi connectivity index (χ3n) is 4.31. The first kappa shape index (κ1) is 19.7. The molecule has 2 rings (SSSR count). The number of hydrogen-bond donors (Lipinski definition) is 0. The van der Waals surface area contributed by atoms with Crippen LogP contribution in [0.15, 0.2) is 11.0 Å². The molecule has 0 unspecified atom stereocenters. The molecule has 2 aromatic rings. The zero-order valence-electron chi connectivity index (χ0n) is 15.7. The third-order valence-corrected chi connectivity index (χ3v) is 5.68. The van der Waals surface area contributed by atoms with Crippen molar-refractivity contribution in [3.05, 3.63) is 39.6 Å². The maximum Gasteiger partial charge on any atom is 0.224 e. The molecule has 0 aliphatic carbocycles. The summed E-state index contributed by atoms with van der Waals surface area (Å²) in [6.07, 6.45) is 1.16. The summed E-state index contributed by atoms with van der Waals surface area (Å²) in [5, 5.41) is 13.0. The lowest BCUT2D eigenvalue weighted by molar-refractivity contribution is 0.103. The van der Waals surface area contributed by atoms with Gasteiger partial charge in [0.25, 0.3) is 0 Å². The average molecular weight is 375 g/mol. The van der Waals surface area contributed by atoms with Crippen molar-refractivity contribution in [1.29, 1.82) is 5.26 Å². The second-order valence-corrected chi connectivity index (χ2v) is 8.21. The Labute approximate surface area is 153 Å². The first-order chi connectivity index (χ1) is 12.0. The number of nitriles is 1. The van der Waals surface area contributed by atoms with Gasteiger partial charge in [-0.25, -0.2) is 13.1 Å². The third kappa shape index (κ3) is 3.35. The van der Waals surface area contributed by atoms with Crippen molar-refractivity contribution in [3.63, 3.8) is 0 Å². The van der Waals surface area contributed by atoms with Gasteiger partial charge < -0.3 is 4.74 Å². The summed E-state index contributed by atoms with van der Waals surface area (Å²) < 4.78 is 30.9. The van der Waals surface area contributed by atoms with Crippen molar-refractivity contribution in [2.45, 2.75) is 32.6 Å². The molecular weight excluding hydrogens is 354 g/mol. The molecule has 0 radical (unpaired) electrons. The Morgan fingerprint density at radius 3 is 2.42 bits per heavy atom. The highest BCUT2D eigenvalue weighted by molar-refractivity contribution is 7.90. The van der Waals surface area contributed by atoms with Gasteiger partial charge in [0, 0.05) is 18.9 Å². The number of ketones is 1. The minimum atomic E-state index is -3.41. The molecule has 0 bridgehead atoms. The van der Waals surface area contributed by atoms with E-state index >= 15 is 0 Å². The highest BCUT2D eigenvalue weighted by Crippen LogP contribution is 2.30. The molecule has 0 atom stereocenters. The Kier molecular flexibility index (Phi) is 5.23. The number of benzene rings is 1. The van der Waals surface area contributed by atoms with Crippen LogP contribution in [-0.2, 0) is 16.9 Å². The van der Waals surface area contributed by atoms with Crippen LogP contribution in [-0.4, -0.2) is 36.8 Å². The molecule has 0 saturated carbocycles. The number of carbonyl (C=O) groups excluding carboxylic acids is 1. The highest BCUT2D eigenvalue weighted by atomic mass is 32.2. The normalized spacial score (nSPS) is 11.3. The van der Waals surface area contributed by atoms with Gasteiger partial charge in [-0.15, -0.1) is 0 Å². The van der Waals surface area contributed by atoms with Crippen LogP contribution in [0.3, 0.4) is 0 Å². The van der Waals surface area contributed by atoms with Crippen LogP contribution in [0, 0.1) is 39.0 Å². The number of rotatable bonds is 5. The molecule has 138 valence electrons. The standard InChI is InChI=1S/C18H21N3O4S/c1-10-9-14(11(2)12(3)17(10)26(6,23)24)16(22)15-13(4)20-21(5)18(15)25-8-7-19/h9H,8H2,1-6H3. The zero-order valence-corrected chi connectivity index (χ0v) is 16.5. The maximum atomic E-state index is 13.2. The van der Waals surface area contributed by atoms with Gasteiger partial charge in [0.15, 0.2) is 16.4 Å². The molecule has 7 nitrogen and oxygen atoms in total. The Morgan fingerprint density at radius 1 is 1.27 bits per heavy atom. The molecule has 1 heterocycles. The number of carbonyl (C=O) groups is 1. The van der Waals surface area contributed by atoms with E-state index in [1.165, 1.54) is 4.68 Å². The van der Waals surface area contributed by atoms with E-state index in [4.69, 9.17) is 10.00 Å².